The van der Waals surface area contributed by atoms with Crippen LogP contribution in [0.1, 0.15) is 24.8 Å². The van der Waals surface area contributed by atoms with Crippen molar-refractivity contribution < 1.29 is 9.53 Å². The van der Waals surface area contributed by atoms with Gasteiger partial charge in [-0.2, -0.15) is 11.8 Å². The molecule has 0 heterocycles. The Bertz CT molecular complexity index is 473. The Hall–Kier alpha value is -0.380. The molecule has 0 saturated heterocycles. The van der Waals surface area contributed by atoms with Gasteiger partial charge in [0.15, 0.2) is 0 Å². The van der Waals surface area contributed by atoms with Crippen LogP contribution in [0.15, 0.2) is 18.2 Å². The van der Waals surface area contributed by atoms with Crippen molar-refractivity contribution in [3.63, 3.8) is 0 Å². The van der Waals surface area contributed by atoms with Gasteiger partial charge in [-0.25, -0.2) is 0 Å². The molecular weight excluding hydrogens is 303 g/mol. The molecule has 104 valence electrons. The predicted molar refractivity (Wildman–Crippen MR) is 80.9 cm³/mol. The third kappa shape index (κ3) is 4.04. The van der Waals surface area contributed by atoms with Crippen molar-refractivity contribution in [3.05, 3.63) is 33.8 Å². The van der Waals surface area contributed by atoms with Crippen molar-refractivity contribution in [2.45, 2.75) is 25.0 Å². The first-order chi connectivity index (χ1) is 9.06. The summed E-state index contributed by atoms with van der Waals surface area (Å²) in [4.78, 5) is 11.3. The Balaban J connectivity index is 1.84. The van der Waals surface area contributed by atoms with Crippen LogP contribution in [-0.2, 0) is 15.3 Å². The van der Waals surface area contributed by atoms with E-state index in [1.807, 2.05) is 12.1 Å². The van der Waals surface area contributed by atoms with Crippen molar-refractivity contribution in [2.24, 2.45) is 5.41 Å². The van der Waals surface area contributed by atoms with Crippen LogP contribution in [0.3, 0.4) is 0 Å². The number of methoxy groups -OCH3 is 1. The van der Waals surface area contributed by atoms with Gasteiger partial charge in [0.2, 0.25) is 0 Å². The number of esters is 1. The summed E-state index contributed by atoms with van der Waals surface area (Å²) in [5, 5.41) is 1.23. The highest BCUT2D eigenvalue weighted by Crippen LogP contribution is 2.51. The normalized spacial score (nSPS) is 16.2. The second kappa shape index (κ2) is 6.38. The first kappa shape index (κ1) is 15.0. The number of halogens is 2. The molecule has 1 fully saturated rings. The third-order valence-electron chi connectivity index (χ3n) is 3.40. The fourth-order valence-electron chi connectivity index (χ4n) is 1.96. The van der Waals surface area contributed by atoms with Crippen LogP contribution in [0.25, 0.3) is 0 Å². The lowest BCUT2D eigenvalue weighted by atomic mass is 10.1. The molecule has 0 bridgehead atoms. The fourth-order valence-corrected chi connectivity index (χ4v) is 3.82. The van der Waals surface area contributed by atoms with Crippen molar-refractivity contribution in [3.8, 4) is 0 Å². The second-order valence-electron chi connectivity index (χ2n) is 4.96. The summed E-state index contributed by atoms with van der Waals surface area (Å²) in [5.41, 5.74) is 1.20. The Kier molecular flexibility index (Phi) is 5.04. The highest BCUT2D eigenvalue weighted by molar-refractivity contribution is 7.98. The van der Waals surface area contributed by atoms with E-state index in [2.05, 4.69) is 0 Å². The van der Waals surface area contributed by atoms with Gasteiger partial charge in [-0.15, -0.1) is 0 Å². The molecule has 0 unspecified atom stereocenters. The first-order valence-corrected chi connectivity index (χ1v) is 8.05. The van der Waals surface area contributed by atoms with E-state index in [1.54, 1.807) is 17.8 Å². The Labute approximate surface area is 127 Å². The Morgan fingerprint density at radius 2 is 2.16 bits per heavy atom. The second-order valence-corrected chi connectivity index (χ2v) is 6.73. The molecule has 1 aliphatic rings. The summed E-state index contributed by atoms with van der Waals surface area (Å²) in [6.45, 7) is 0. The minimum Gasteiger partial charge on any atom is -0.469 e. The maximum atomic E-state index is 11.3. The zero-order valence-electron chi connectivity index (χ0n) is 10.7. The van der Waals surface area contributed by atoms with Crippen LogP contribution >= 0.6 is 35.0 Å². The molecule has 0 amide bonds. The quantitative estimate of drug-likeness (QED) is 0.719. The summed E-state index contributed by atoms with van der Waals surface area (Å²) in [6.07, 6.45) is 2.75. The van der Waals surface area contributed by atoms with E-state index < -0.39 is 0 Å². The SMILES string of the molecule is COC(=O)CC1(CSCc2cccc(Cl)c2Cl)CC1. The highest BCUT2D eigenvalue weighted by Gasteiger charge is 2.44. The molecule has 2 nitrogen and oxygen atoms in total. The molecule has 1 saturated carbocycles. The number of benzene rings is 1. The van der Waals surface area contributed by atoms with Crippen LogP contribution in [0.2, 0.25) is 10.0 Å². The van der Waals surface area contributed by atoms with E-state index >= 15 is 0 Å². The molecule has 2 rings (SSSR count). The lowest BCUT2D eigenvalue weighted by molar-refractivity contribution is -0.141. The number of thioether (sulfide) groups is 1. The van der Waals surface area contributed by atoms with Crippen LogP contribution in [0.5, 0.6) is 0 Å². The molecule has 19 heavy (non-hydrogen) atoms. The Morgan fingerprint density at radius 1 is 1.42 bits per heavy atom. The lowest BCUT2D eigenvalue weighted by Gasteiger charge is -2.13. The summed E-state index contributed by atoms with van der Waals surface area (Å²) in [6, 6.07) is 5.68. The van der Waals surface area contributed by atoms with Crippen LogP contribution in [0.4, 0.5) is 0 Å². The van der Waals surface area contributed by atoms with Crippen molar-refractivity contribution in [1.29, 1.82) is 0 Å². The zero-order chi connectivity index (χ0) is 13.9. The molecule has 1 aliphatic carbocycles. The monoisotopic (exact) mass is 318 g/mol. The standard InChI is InChI=1S/C14H16Cl2O2S/c1-18-12(17)7-14(5-6-14)9-19-8-10-3-2-4-11(15)13(10)16/h2-4H,5-9H2,1H3. The number of carbonyl (C=O) groups is 1. The molecule has 0 spiro atoms. The number of ether oxygens (including phenoxy) is 1. The number of carbonyl (C=O) groups excluding carboxylic acids is 1. The highest BCUT2D eigenvalue weighted by atomic mass is 35.5. The van der Waals surface area contributed by atoms with Gasteiger partial charge in [0.25, 0.3) is 0 Å². The predicted octanol–water partition coefficient (Wildman–Crippen LogP) is 4.57. The topological polar surface area (TPSA) is 26.3 Å². The number of hydrogen-bond acceptors (Lipinski definition) is 3. The molecule has 0 N–H and O–H groups in total. The minimum atomic E-state index is -0.112. The van der Waals surface area contributed by atoms with E-state index in [4.69, 9.17) is 27.9 Å². The molecule has 0 aromatic heterocycles. The molecule has 1 aromatic rings. The molecule has 1 aromatic carbocycles. The van der Waals surface area contributed by atoms with E-state index in [-0.39, 0.29) is 11.4 Å². The average molecular weight is 319 g/mol. The average Bonchev–Trinajstić information content (AvgIpc) is 3.14. The van der Waals surface area contributed by atoms with Crippen molar-refractivity contribution in [1.82, 2.24) is 0 Å². The van der Waals surface area contributed by atoms with Crippen molar-refractivity contribution >= 4 is 40.9 Å². The van der Waals surface area contributed by atoms with Gasteiger partial charge >= 0.3 is 5.97 Å². The summed E-state index contributed by atoms with van der Waals surface area (Å²) in [5.74, 6) is 1.67. The van der Waals surface area contributed by atoms with E-state index in [1.165, 1.54) is 7.11 Å². The van der Waals surface area contributed by atoms with Crippen LogP contribution in [0, 0.1) is 5.41 Å². The van der Waals surface area contributed by atoms with Gasteiger partial charge in [-0.3, -0.25) is 4.79 Å². The van der Waals surface area contributed by atoms with Crippen molar-refractivity contribution in [2.75, 3.05) is 12.9 Å². The molecule has 0 atom stereocenters. The van der Waals surface area contributed by atoms with Gasteiger partial charge in [0.1, 0.15) is 0 Å². The number of rotatable bonds is 6. The van der Waals surface area contributed by atoms with Gasteiger partial charge in [-0.1, -0.05) is 35.3 Å². The van der Waals surface area contributed by atoms with E-state index in [0.29, 0.717) is 16.5 Å². The lowest BCUT2D eigenvalue weighted by Crippen LogP contribution is -2.13. The Morgan fingerprint density at radius 3 is 2.79 bits per heavy atom. The minimum absolute atomic E-state index is 0.112. The van der Waals surface area contributed by atoms with Crippen LogP contribution < -0.4 is 0 Å². The number of hydrogen-bond donors (Lipinski definition) is 0. The summed E-state index contributed by atoms with van der Waals surface area (Å²) in [7, 11) is 1.44. The zero-order valence-corrected chi connectivity index (χ0v) is 13.1. The van der Waals surface area contributed by atoms with E-state index in [0.717, 1.165) is 29.9 Å². The van der Waals surface area contributed by atoms with Crippen LogP contribution in [-0.4, -0.2) is 18.8 Å². The third-order valence-corrected chi connectivity index (χ3v) is 5.59. The maximum Gasteiger partial charge on any atom is 0.306 e. The maximum absolute atomic E-state index is 11.3. The van der Waals surface area contributed by atoms with Gasteiger partial charge < -0.3 is 4.74 Å². The summed E-state index contributed by atoms with van der Waals surface area (Å²) >= 11 is 13.9. The largest absolute Gasteiger partial charge is 0.469 e. The summed E-state index contributed by atoms with van der Waals surface area (Å²) < 4.78 is 4.74. The first-order valence-electron chi connectivity index (χ1n) is 6.14. The molecular formula is C14H16Cl2O2S. The van der Waals surface area contributed by atoms with E-state index in [9.17, 15) is 4.79 Å². The molecule has 0 aliphatic heterocycles. The molecule has 0 radical (unpaired) electrons. The molecule has 5 heteroatoms. The van der Waals surface area contributed by atoms with Gasteiger partial charge in [0, 0.05) is 5.75 Å². The fraction of sp³-hybridized carbons (Fsp3) is 0.500. The van der Waals surface area contributed by atoms with Gasteiger partial charge in [-0.05, 0) is 35.6 Å². The van der Waals surface area contributed by atoms with Gasteiger partial charge in [0.05, 0.1) is 23.6 Å². The smallest absolute Gasteiger partial charge is 0.306 e.